The second kappa shape index (κ2) is 6.20. The van der Waals surface area contributed by atoms with Crippen LogP contribution in [0, 0.1) is 6.92 Å². The second-order valence-electron chi connectivity index (χ2n) is 6.47. The topological polar surface area (TPSA) is 67.3 Å². The summed E-state index contributed by atoms with van der Waals surface area (Å²) in [6.07, 6.45) is 6.13. The molecule has 1 aromatic rings. The molecule has 0 radical (unpaired) electrons. The predicted molar refractivity (Wildman–Crippen MR) is 83.7 cm³/mol. The summed E-state index contributed by atoms with van der Waals surface area (Å²) in [6.45, 7) is 5.59. The lowest BCUT2D eigenvalue weighted by Crippen LogP contribution is -2.59. The first kappa shape index (κ1) is 15.2. The minimum absolute atomic E-state index is 0.00474. The van der Waals surface area contributed by atoms with E-state index in [2.05, 4.69) is 20.2 Å². The molecule has 6 heteroatoms. The van der Waals surface area contributed by atoms with E-state index in [1.54, 1.807) is 6.33 Å². The predicted octanol–water partition coefficient (Wildman–Crippen LogP) is 1.44. The number of amides is 1. The fraction of sp³-hybridized carbons (Fsp3) is 0.688. The highest BCUT2D eigenvalue weighted by Gasteiger charge is 2.40. The number of carbonyl (C=O) groups is 1. The van der Waals surface area contributed by atoms with E-state index >= 15 is 0 Å². The standard InChI is InChI=1S/C16H24N4O2/c1-12-9-14(18-11-17-12)20-7-8-22-16(2,10-20)15(21)19-13-5-3-4-6-13/h9,11,13H,3-8,10H2,1-2H3,(H,19,21). The number of nitrogens with zero attached hydrogens (tertiary/aromatic N) is 3. The minimum atomic E-state index is -0.820. The van der Waals surface area contributed by atoms with Crippen molar-refractivity contribution >= 4 is 11.7 Å². The highest BCUT2D eigenvalue weighted by Crippen LogP contribution is 2.24. The summed E-state index contributed by atoms with van der Waals surface area (Å²) in [7, 11) is 0. The molecule has 1 N–H and O–H groups in total. The van der Waals surface area contributed by atoms with Crippen LogP contribution in [0.1, 0.15) is 38.3 Å². The lowest BCUT2D eigenvalue weighted by Gasteiger charge is -2.40. The van der Waals surface area contributed by atoms with Crippen LogP contribution in [0.15, 0.2) is 12.4 Å². The van der Waals surface area contributed by atoms with Gasteiger partial charge in [-0.05, 0) is 26.7 Å². The molecule has 2 fully saturated rings. The number of carbonyl (C=O) groups excluding carboxylic acids is 1. The molecule has 1 aliphatic carbocycles. The van der Waals surface area contributed by atoms with Crippen LogP contribution in [0.4, 0.5) is 5.82 Å². The van der Waals surface area contributed by atoms with Crippen molar-refractivity contribution < 1.29 is 9.53 Å². The summed E-state index contributed by atoms with van der Waals surface area (Å²) in [5.41, 5.74) is 0.105. The van der Waals surface area contributed by atoms with Crippen LogP contribution in [0.3, 0.4) is 0 Å². The first-order valence-corrected chi connectivity index (χ1v) is 8.05. The van der Waals surface area contributed by atoms with Gasteiger partial charge >= 0.3 is 0 Å². The Kier molecular flexibility index (Phi) is 4.29. The van der Waals surface area contributed by atoms with Gasteiger partial charge in [-0.1, -0.05) is 12.8 Å². The normalized spacial score (nSPS) is 26.2. The Morgan fingerprint density at radius 3 is 2.91 bits per heavy atom. The number of nitrogens with one attached hydrogen (secondary N) is 1. The van der Waals surface area contributed by atoms with Crippen molar-refractivity contribution in [3.8, 4) is 0 Å². The van der Waals surface area contributed by atoms with E-state index in [1.807, 2.05) is 19.9 Å². The highest BCUT2D eigenvalue weighted by molar-refractivity contribution is 5.86. The Labute approximate surface area is 131 Å². The monoisotopic (exact) mass is 304 g/mol. The first-order chi connectivity index (χ1) is 10.6. The number of ether oxygens (including phenoxy) is 1. The highest BCUT2D eigenvalue weighted by atomic mass is 16.5. The number of aromatic nitrogens is 2. The molecule has 1 aliphatic heterocycles. The van der Waals surface area contributed by atoms with Gasteiger partial charge in [0.05, 0.1) is 13.2 Å². The fourth-order valence-electron chi connectivity index (χ4n) is 3.22. The van der Waals surface area contributed by atoms with Crippen LogP contribution < -0.4 is 10.2 Å². The van der Waals surface area contributed by atoms with E-state index in [1.165, 1.54) is 12.8 Å². The van der Waals surface area contributed by atoms with E-state index in [0.29, 0.717) is 19.2 Å². The average molecular weight is 304 g/mol. The maximum atomic E-state index is 12.6. The van der Waals surface area contributed by atoms with Crippen molar-refractivity contribution in [2.75, 3.05) is 24.6 Å². The molecule has 1 saturated carbocycles. The summed E-state index contributed by atoms with van der Waals surface area (Å²) in [5, 5.41) is 3.15. The molecule has 1 saturated heterocycles. The Balaban J connectivity index is 1.69. The third-order valence-electron chi connectivity index (χ3n) is 4.56. The van der Waals surface area contributed by atoms with E-state index in [-0.39, 0.29) is 5.91 Å². The van der Waals surface area contributed by atoms with Crippen molar-refractivity contribution in [3.63, 3.8) is 0 Å². The molecule has 1 atom stereocenters. The van der Waals surface area contributed by atoms with Crippen LogP contribution in [0.25, 0.3) is 0 Å². The molecule has 2 heterocycles. The molecular weight excluding hydrogens is 280 g/mol. The van der Waals surface area contributed by atoms with Gasteiger partial charge in [-0.2, -0.15) is 0 Å². The quantitative estimate of drug-likeness (QED) is 0.915. The van der Waals surface area contributed by atoms with Crippen molar-refractivity contribution in [3.05, 3.63) is 18.1 Å². The maximum Gasteiger partial charge on any atom is 0.254 e. The number of rotatable bonds is 3. The zero-order chi connectivity index (χ0) is 15.6. The molecular formula is C16H24N4O2. The average Bonchev–Trinajstić information content (AvgIpc) is 3.00. The van der Waals surface area contributed by atoms with E-state index < -0.39 is 5.60 Å². The zero-order valence-corrected chi connectivity index (χ0v) is 13.3. The number of anilines is 1. The third kappa shape index (κ3) is 3.21. The van der Waals surface area contributed by atoms with Crippen LogP contribution >= 0.6 is 0 Å². The van der Waals surface area contributed by atoms with Crippen molar-refractivity contribution in [1.29, 1.82) is 0 Å². The van der Waals surface area contributed by atoms with Crippen LogP contribution in [-0.2, 0) is 9.53 Å². The van der Waals surface area contributed by atoms with Gasteiger partial charge in [0.15, 0.2) is 5.60 Å². The largest absolute Gasteiger partial charge is 0.362 e. The van der Waals surface area contributed by atoms with E-state index in [0.717, 1.165) is 30.9 Å². The van der Waals surface area contributed by atoms with Crippen molar-refractivity contribution in [1.82, 2.24) is 15.3 Å². The second-order valence-corrected chi connectivity index (χ2v) is 6.47. The molecule has 0 bridgehead atoms. The van der Waals surface area contributed by atoms with Crippen LogP contribution in [-0.4, -0.2) is 47.2 Å². The molecule has 120 valence electrons. The summed E-state index contributed by atoms with van der Waals surface area (Å²) in [4.78, 5) is 23.2. The number of hydrogen-bond acceptors (Lipinski definition) is 5. The number of aryl methyl sites for hydroxylation is 1. The summed E-state index contributed by atoms with van der Waals surface area (Å²) >= 11 is 0. The lowest BCUT2D eigenvalue weighted by atomic mass is 10.0. The van der Waals surface area contributed by atoms with Crippen LogP contribution in [0.2, 0.25) is 0 Å². The van der Waals surface area contributed by atoms with Crippen molar-refractivity contribution in [2.45, 2.75) is 51.2 Å². The molecule has 1 amide bonds. The molecule has 0 aromatic carbocycles. The van der Waals surface area contributed by atoms with Gasteiger partial charge in [-0.3, -0.25) is 4.79 Å². The molecule has 1 unspecified atom stereocenters. The molecule has 3 rings (SSSR count). The lowest BCUT2D eigenvalue weighted by molar-refractivity contribution is -0.147. The van der Waals surface area contributed by atoms with Gasteiger partial charge in [0.1, 0.15) is 12.1 Å². The van der Waals surface area contributed by atoms with E-state index in [9.17, 15) is 4.79 Å². The fourth-order valence-corrected chi connectivity index (χ4v) is 3.22. The Bertz CT molecular complexity index is 545. The molecule has 6 nitrogen and oxygen atoms in total. The zero-order valence-electron chi connectivity index (χ0n) is 13.3. The third-order valence-corrected chi connectivity index (χ3v) is 4.56. The van der Waals surface area contributed by atoms with Crippen LogP contribution in [0.5, 0.6) is 0 Å². The SMILES string of the molecule is Cc1cc(N2CCOC(C)(C(=O)NC3CCCC3)C2)ncn1. The molecule has 0 spiro atoms. The molecule has 22 heavy (non-hydrogen) atoms. The maximum absolute atomic E-state index is 12.6. The minimum Gasteiger partial charge on any atom is -0.362 e. The summed E-state index contributed by atoms with van der Waals surface area (Å²) < 4.78 is 5.82. The van der Waals surface area contributed by atoms with Gasteiger partial charge in [0.25, 0.3) is 5.91 Å². The smallest absolute Gasteiger partial charge is 0.254 e. The molecule has 2 aliphatic rings. The van der Waals surface area contributed by atoms with E-state index in [4.69, 9.17) is 4.74 Å². The Morgan fingerprint density at radius 2 is 2.18 bits per heavy atom. The number of hydrogen-bond donors (Lipinski definition) is 1. The first-order valence-electron chi connectivity index (χ1n) is 8.05. The summed E-state index contributed by atoms with van der Waals surface area (Å²) in [6, 6.07) is 2.25. The Hall–Kier alpha value is -1.69. The van der Waals surface area contributed by atoms with Gasteiger partial charge in [0, 0.05) is 24.3 Å². The Morgan fingerprint density at radius 1 is 1.41 bits per heavy atom. The van der Waals surface area contributed by atoms with Crippen molar-refractivity contribution in [2.24, 2.45) is 0 Å². The van der Waals surface area contributed by atoms with Gasteiger partial charge < -0.3 is 15.0 Å². The summed E-state index contributed by atoms with van der Waals surface area (Å²) in [5.74, 6) is 0.852. The van der Waals surface area contributed by atoms with Gasteiger partial charge in [0.2, 0.25) is 0 Å². The van der Waals surface area contributed by atoms with Gasteiger partial charge in [-0.15, -0.1) is 0 Å². The number of morpholine rings is 1. The molecule has 1 aromatic heterocycles. The van der Waals surface area contributed by atoms with Gasteiger partial charge in [-0.25, -0.2) is 9.97 Å².